The topological polar surface area (TPSA) is 53.5 Å². The lowest BCUT2D eigenvalue weighted by atomic mass is 10.1. The SMILES string of the molecule is Cc1ccccc1/C=N/NC(=O)CNc1ccc2ccccc2c1. The molecule has 4 nitrogen and oxygen atoms in total. The number of hydrazone groups is 1. The molecule has 2 N–H and O–H groups in total. The molecule has 0 aromatic heterocycles. The molecule has 0 heterocycles. The van der Waals surface area contributed by atoms with Gasteiger partial charge >= 0.3 is 0 Å². The molecule has 0 spiro atoms. The highest BCUT2D eigenvalue weighted by atomic mass is 16.2. The van der Waals surface area contributed by atoms with E-state index in [-0.39, 0.29) is 12.5 Å². The van der Waals surface area contributed by atoms with Crippen molar-refractivity contribution in [3.8, 4) is 0 Å². The summed E-state index contributed by atoms with van der Waals surface area (Å²) in [5.41, 5.74) is 5.54. The van der Waals surface area contributed by atoms with Crippen LogP contribution in [0, 0.1) is 6.92 Å². The number of carbonyl (C=O) groups excluding carboxylic acids is 1. The lowest BCUT2D eigenvalue weighted by Gasteiger charge is -2.06. The van der Waals surface area contributed by atoms with Crippen LogP contribution >= 0.6 is 0 Å². The van der Waals surface area contributed by atoms with Crippen LogP contribution in [-0.2, 0) is 4.79 Å². The first-order chi connectivity index (χ1) is 11.7. The Morgan fingerprint density at radius 3 is 2.58 bits per heavy atom. The van der Waals surface area contributed by atoms with Gasteiger partial charge in [-0.2, -0.15) is 5.10 Å². The summed E-state index contributed by atoms with van der Waals surface area (Å²) in [5, 5.41) is 9.43. The molecule has 3 aromatic rings. The van der Waals surface area contributed by atoms with E-state index in [0.29, 0.717) is 0 Å². The summed E-state index contributed by atoms with van der Waals surface area (Å²) in [6.07, 6.45) is 1.66. The maximum Gasteiger partial charge on any atom is 0.259 e. The number of aryl methyl sites for hydroxylation is 1. The molecule has 0 bridgehead atoms. The third-order valence-corrected chi connectivity index (χ3v) is 3.78. The zero-order chi connectivity index (χ0) is 16.8. The van der Waals surface area contributed by atoms with Gasteiger partial charge in [0.1, 0.15) is 0 Å². The van der Waals surface area contributed by atoms with Crippen LogP contribution in [0.3, 0.4) is 0 Å². The standard InChI is InChI=1S/C20H19N3O/c1-15-6-2-3-9-18(15)13-22-23-20(24)14-21-19-11-10-16-7-4-5-8-17(16)12-19/h2-13,21H,14H2,1H3,(H,23,24)/b22-13+. The highest BCUT2D eigenvalue weighted by molar-refractivity contribution is 5.88. The van der Waals surface area contributed by atoms with Crippen LogP contribution in [-0.4, -0.2) is 18.7 Å². The van der Waals surface area contributed by atoms with Crippen molar-refractivity contribution in [3.63, 3.8) is 0 Å². The van der Waals surface area contributed by atoms with Crippen LogP contribution in [0.2, 0.25) is 0 Å². The number of anilines is 1. The Hall–Kier alpha value is -3.14. The largest absolute Gasteiger partial charge is 0.376 e. The number of nitrogens with one attached hydrogen (secondary N) is 2. The van der Waals surface area contributed by atoms with E-state index in [2.05, 4.69) is 21.9 Å². The van der Waals surface area contributed by atoms with Crippen LogP contribution in [0.5, 0.6) is 0 Å². The first kappa shape index (κ1) is 15.7. The number of hydrogen-bond acceptors (Lipinski definition) is 3. The molecule has 4 heteroatoms. The van der Waals surface area contributed by atoms with Gasteiger partial charge in [-0.1, -0.05) is 54.6 Å². The van der Waals surface area contributed by atoms with Gasteiger partial charge in [0, 0.05) is 5.69 Å². The van der Waals surface area contributed by atoms with Gasteiger partial charge in [0.25, 0.3) is 5.91 Å². The van der Waals surface area contributed by atoms with Crippen molar-refractivity contribution in [1.82, 2.24) is 5.43 Å². The summed E-state index contributed by atoms with van der Waals surface area (Å²) in [6.45, 7) is 2.17. The molecule has 0 saturated heterocycles. The summed E-state index contributed by atoms with van der Waals surface area (Å²) in [5.74, 6) is -0.187. The van der Waals surface area contributed by atoms with Gasteiger partial charge in [-0.3, -0.25) is 4.79 Å². The fourth-order valence-corrected chi connectivity index (χ4v) is 2.43. The molecule has 0 aliphatic rings. The number of carbonyl (C=O) groups is 1. The molecule has 0 unspecified atom stereocenters. The average molecular weight is 317 g/mol. The summed E-state index contributed by atoms with van der Waals surface area (Å²) in [4.78, 5) is 11.9. The predicted octanol–water partition coefficient (Wildman–Crippen LogP) is 3.71. The molecule has 0 fully saturated rings. The molecule has 0 atom stereocenters. The Bertz CT molecular complexity index is 887. The van der Waals surface area contributed by atoms with Gasteiger partial charge in [0.2, 0.25) is 0 Å². The number of hydrogen-bond donors (Lipinski definition) is 2. The summed E-state index contributed by atoms with van der Waals surface area (Å²) < 4.78 is 0. The van der Waals surface area contributed by atoms with E-state index in [1.165, 1.54) is 5.39 Å². The summed E-state index contributed by atoms with van der Waals surface area (Å²) in [6, 6.07) is 22.0. The minimum absolute atomic E-state index is 0.170. The van der Waals surface area contributed by atoms with Crippen molar-refractivity contribution in [2.45, 2.75) is 6.92 Å². The van der Waals surface area contributed by atoms with Crippen molar-refractivity contribution in [2.24, 2.45) is 5.10 Å². The van der Waals surface area contributed by atoms with Crippen LogP contribution < -0.4 is 10.7 Å². The predicted molar refractivity (Wildman–Crippen MR) is 99.4 cm³/mol. The Balaban J connectivity index is 1.54. The van der Waals surface area contributed by atoms with Gasteiger partial charge in [-0.25, -0.2) is 5.43 Å². The first-order valence-electron chi connectivity index (χ1n) is 7.82. The van der Waals surface area contributed by atoms with Gasteiger partial charge < -0.3 is 5.32 Å². The van der Waals surface area contributed by atoms with Crippen molar-refractivity contribution in [1.29, 1.82) is 0 Å². The zero-order valence-electron chi connectivity index (χ0n) is 13.5. The lowest BCUT2D eigenvalue weighted by Crippen LogP contribution is -2.25. The molecule has 0 radical (unpaired) electrons. The smallest absolute Gasteiger partial charge is 0.259 e. The maximum atomic E-state index is 11.9. The second-order valence-electron chi connectivity index (χ2n) is 5.57. The average Bonchev–Trinajstić information content (AvgIpc) is 2.61. The molecule has 0 saturated carbocycles. The number of amides is 1. The fraction of sp³-hybridized carbons (Fsp3) is 0.100. The minimum atomic E-state index is -0.187. The second-order valence-corrected chi connectivity index (χ2v) is 5.57. The highest BCUT2D eigenvalue weighted by Gasteiger charge is 2.01. The molecular formula is C20H19N3O. The maximum absolute atomic E-state index is 11.9. The molecule has 0 aliphatic carbocycles. The molecule has 3 aromatic carbocycles. The normalized spacial score (nSPS) is 10.9. The van der Waals surface area contributed by atoms with Crippen molar-refractivity contribution >= 4 is 28.6 Å². The molecule has 3 rings (SSSR count). The van der Waals surface area contributed by atoms with Crippen LogP contribution in [0.1, 0.15) is 11.1 Å². The Labute approximate surface area is 141 Å². The monoisotopic (exact) mass is 317 g/mol. The van der Waals surface area contributed by atoms with Gasteiger partial charge in [0.15, 0.2) is 0 Å². The van der Waals surface area contributed by atoms with Crippen molar-refractivity contribution in [2.75, 3.05) is 11.9 Å². The van der Waals surface area contributed by atoms with E-state index in [4.69, 9.17) is 0 Å². The van der Waals surface area contributed by atoms with Gasteiger partial charge in [-0.15, -0.1) is 0 Å². The number of nitrogens with zero attached hydrogens (tertiary/aromatic N) is 1. The number of benzene rings is 3. The van der Waals surface area contributed by atoms with Crippen molar-refractivity contribution < 1.29 is 4.79 Å². The summed E-state index contributed by atoms with van der Waals surface area (Å²) >= 11 is 0. The van der Waals surface area contributed by atoms with E-state index in [1.807, 2.05) is 67.6 Å². The third kappa shape index (κ3) is 3.98. The third-order valence-electron chi connectivity index (χ3n) is 3.78. The number of rotatable bonds is 5. The van der Waals surface area contributed by atoms with Crippen LogP contribution in [0.25, 0.3) is 10.8 Å². The molecular weight excluding hydrogens is 298 g/mol. The Kier molecular flexibility index (Phi) is 4.87. The van der Waals surface area contributed by atoms with Gasteiger partial charge in [-0.05, 0) is 41.0 Å². The van der Waals surface area contributed by atoms with Crippen LogP contribution in [0.15, 0.2) is 71.8 Å². The number of fused-ring (bicyclic) bond motifs is 1. The highest BCUT2D eigenvalue weighted by Crippen LogP contribution is 2.18. The van der Waals surface area contributed by atoms with Gasteiger partial charge in [0.05, 0.1) is 12.8 Å². The van der Waals surface area contributed by atoms with E-state index < -0.39 is 0 Å². The van der Waals surface area contributed by atoms with E-state index in [0.717, 1.165) is 22.2 Å². The lowest BCUT2D eigenvalue weighted by molar-refractivity contribution is -0.119. The van der Waals surface area contributed by atoms with Crippen molar-refractivity contribution in [3.05, 3.63) is 77.9 Å². The second kappa shape index (κ2) is 7.42. The molecule has 120 valence electrons. The van der Waals surface area contributed by atoms with E-state index in [9.17, 15) is 4.79 Å². The fourth-order valence-electron chi connectivity index (χ4n) is 2.43. The van der Waals surface area contributed by atoms with Crippen LogP contribution in [0.4, 0.5) is 5.69 Å². The first-order valence-corrected chi connectivity index (χ1v) is 7.82. The summed E-state index contributed by atoms with van der Waals surface area (Å²) in [7, 11) is 0. The Morgan fingerprint density at radius 1 is 1.00 bits per heavy atom. The Morgan fingerprint density at radius 2 is 1.75 bits per heavy atom. The van der Waals surface area contributed by atoms with E-state index in [1.54, 1.807) is 6.21 Å². The quantitative estimate of drug-likeness (QED) is 0.557. The molecule has 0 aliphatic heterocycles. The van der Waals surface area contributed by atoms with E-state index >= 15 is 0 Å². The molecule has 1 amide bonds. The zero-order valence-corrected chi connectivity index (χ0v) is 13.5. The minimum Gasteiger partial charge on any atom is -0.376 e. The molecule has 24 heavy (non-hydrogen) atoms.